The minimum absolute atomic E-state index is 0.0257. The van der Waals surface area contributed by atoms with Crippen LogP contribution in [0.5, 0.6) is 0 Å². The van der Waals surface area contributed by atoms with Crippen molar-refractivity contribution >= 4 is 17.7 Å². The van der Waals surface area contributed by atoms with Gasteiger partial charge in [-0.1, -0.05) is 26.0 Å². The van der Waals surface area contributed by atoms with Gasteiger partial charge in [0.15, 0.2) is 5.78 Å². The van der Waals surface area contributed by atoms with Crippen molar-refractivity contribution in [2.45, 2.75) is 60.0 Å². The third-order valence-electron chi connectivity index (χ3n) is 6.47. The molecule has 0 saturated heterocycles. The van der Waals surface area contributed by atoms with E-state index < -0.39 is 11.9 Å². The van der Waals surface area contributed by atoms with Crippen LogP contribution >= 0.6 is 0 Å². The fourth-order valence-corrected chi connectivity index (χ4v) is 4.21. The molecule has 5 unspecified atom stereocenters. The Hall–Kier alpha value is -1.91. The minimum Gasteiger partial charge on any atom is -0.469 e. The number of hydrogen-bond donors (Lipinski definition) is 0. The monoisotopic (exact) mass is 362 g/mol. The molecule has 0 aromatic rings. The lowest BCUT2D eigenvalue weighted by Gasteiger charge is -2.50. The number of allylic oxidation sites excluding steroid dienone is 2. The van der Waals surface area contributed by atoms with Crippen LogP contribution in [0.3, 0.4) is 0 Å². The lowest BCUT2D eigenvalue weighted by atomic mass is 9.56. The van der Waals surface area contributed by atoms with Crippen LogP contribution in [0.25, 0.3) is 0 Å². The molecule has 0 aromatic carbocycles. The predicted molar refractivity (Wildman–Crippen MR) is 98.2 cm³/mol. The van der Waals surface area contributed by atoms with E-state index in [1.165, 1.54) is 7.11 Å². The van der Waals surface area contributed by atoms with E-state index in [0.29, 0.717) is 17.6 Å². The zero-order valence-electron chi connectivity index (χ0n) is 16.6. The Morgan fingerprint density at radius 2 is 2.00 bits per heavy atom. The number of fused-ring (bicyclic) bond motifs is 1. The van der Waals surface area contributed by atoms with E-state index in [2.05, 4.69) is 13.8 Å². The number of methoxy groups -OCH3 is 1. The minimum atomic E-state index is -0.578. The standard InChI is InChI=1S/C21H30O5/c1-7-12(2)19(23)26-18-9-8-15-10-17(22)16(13(3)20(24)25-6)11-21(15,5)14(18)4/h7,11,13-15,18H,8-10H2,1-6H3. The maximum absolute atomic E-state index is 12.6. The zero-order valence-corrected chi connectivity index (χ0v) is 16.6. The molecule has 2 rings (SSSR count). The second-order valence-corrected chi connectivity index (χ2v) is 7.82. The van der Waals surface area contributed by atoms with Gasteiger partial charge in [-0.25, -0.2) is 4.79 Å². The molecule has 0 amide bonds. The smallest absolute Gasteiger partial charge is 0.333 e. The number of carbonyl (C=O) groups is 3. The van der Waals surface area contributed by atoms with Crippen molar-refractivity contribution < 1.29 is 23.9 Å². The number of esters is 2. The fourth-order valence-electron chi connectivity index (χ4n) is 4.21. The average Bonchev–Trinajstić information content (AvgIpc) is 2.63. The van der Waals surface area contributed by atoms with Crippen molar-refractivity contribution in [2.24, 2.45) is 23.2 Å². The molecule has 144 valence electrons. The van der Waals surface area contributed by atoms with E-state index in [0.717, 1.165) is 12.8 Å². The number of hydrogen-bond acceptors (Lipinski definition) is 5. The SMILES string of the molecule is CC=C(C)C(=O)OC1CCC2CC(=O)C(C(C)C(=O)OC)=CC2(C)C1C. The molecule has 5 atom stereocenters. The Kier molecular flexibility index (Phi) is 6.09. The van der Waals surface area contributed by atoms with Gasteiger partial charge in [-0.05, 0) is 44.9 Å². The van der Waals surface area contributed by atoms with E-state index in [9.17, 15) is 14.4 Å². The van der Waals surface area contributed by atoms with Crippen molar-refractivity contribution in [1.82, 2.24) is 0 Å². The van der Waals surface area contributed by atoms with E-state index in [-0.39, 0.29) is 35.1 Å². The molecule has 0 spiro atoms. The summed E-state index contributed by atoms with van der Waals surface area (Å²) >= 11 is 0. The van der Waals surface area contributed by atoms with Gasteiger partial charge in [0.05, 0.1) is 13.0 Å². The number of rotatable bonds is 4. The molecule has 5 heteroatoms. The summed E-state index contributed by atoms with van der Waals surface area (Å²) in [6.07, 6.45) is 5.53. The van der Waals surface area contributed by atoms with Gasteiger partial charge in [-0.15, -0.1) is 0 Å². The number of ether oxygens (including phenoxy) is 2. The van der Waals surface area contributed by atoms with Crippen LogP contribution in [0.4, 0.5) is 0 Å². The third-order valence-corrected chi connectivity index (χ3v) is 6.47. The van der Waals surface area contributed by atoms with Crippen LogP contribution in [0, 0.1) is 23.2 Å². The van der Waals surface area contributed by atoms with E-state index in [1.807, 2.05) is 13.0 Å². The van der Waals surface area contributed by atoms with E-state index in [1.54, 1.807) is 19.9 Å². The summed E-state index contributed by atoms with van der Waals surface area (Å²) in [7, 11) is 1.33. The summed E-state index contributed by atoms with van der Waals surface area (Å²) in [6.45, 7) is 9.45. The highest BCUT2D eigenvalue weighted by atomic mass is 16.5. The van der Waals surface area contributed by atoms with E-state index in [4.69, 9.17) is 9.47 Å². The maximum Gasteiger partial charge on any atom is 0.333 e. The fraction of sp³-hybridized carbons (Fsp3) is 0.667. The molecular weight excluding hydrogens is 332 g/mol. The lowest BCUT2D eigenvalue weighted by molar-refractivity contribution is -0.154. The van der Waals surface area contributed by atoms with Crippen LogP contribution < -0.4 is 0 Å². The molecule has 0 aliphatic heterocycles. The van der Waals surface area contributed by atoms with Crippen molar-refractivity contribution in [3.8, 4) is 0 Å². The van der Waals surface area contributed by atoms with Crippen molar-refractivity contribution in [3.63, 3.8) is 0 Å². The van der Waals surface area contributed by atoms with Gasteiger partial charge in [0.25, 0.3) is 0 Å². The molecule has 0 N–H and O–H groups in total. The first kappa shape index (κ1) is 20.4. The number of Topliss-reactive ketones (excluding diaryl/α,β-unsaturated/α-hetero) is 1. The molecule has 0 heterocycles. The first-order valence-corrected chi connectivity index (χ1v) is 9.33. The molecule has 26 heavy (non-hydrogen) atoms. The summed E-state index contributed by atoms with van der Waals surface area (Å²) in [6, 6.07) is 0. The average molecular weight is 362 g/mol. The number of carbonyl (C=O) groups excluding carboxylic acids is 3. The van der Waals surface area contributed by atoms with Crippen molar-refractivity contribution in [3.05, 3.63) is 23.3 Å². The Bertz CT molecular complexity index is 659. The molecule has 1 saturated carbocycles. The summed E-state index contributed by atoms with van der Waals surface area (Å²) in [4.78, 5) is 36.7. The third kappa shape index (κ3) is 3.62. The number of ketones is 1. The van der Waals surface area contributed by atoms with Crippen LogP contribution in [-0.4, -0.2) is 30.9 Å². The van der Waals surface area contributed by atoms with Gasteiger partial charge in [-0.3, -0.25) is 9.59 Å². The normalized spacial score (nSPS) is 33.0. The molecule has 5 nitrogen and oxygen atoms in total. The largest absolute Gasteiger partial charge is 0.469 e. The second kappa shape index (κ2) is 7.77. The van der Waals surface area contributed by atoms with Gasteiger partial charge < -0.3 is 9.47 Å². The Labute approximate surface area is 155 Å². The summed E-state index contributed by atoms with van der Waals surface area (Å²) in [5, 5.41) is 0. The maximum atomic E-state index is 12.6. The van der Waals surface area contributed by atoms with Gasteiger partial charge in [-0.2, -0.15) is 0 Å². The first-order valence-electron chi connectivity index (χ1n) is 9.33. The van der Waals surface area contributed by atoms with Crippen LogP contribution in [0.15, 0.2) is 23.3 Å². The Morgan fingerprint density at radius 3 is 2.58 bits per heavy atom. The first-order chi connectivity index (χ1) is 12.2. The highest BCUT2D eigenvalue weighted by Crippen LogP contribution is 2.52. The summed E-state index contributed by atoms with van der Waals surface area (Å²) in [5.74, 6) is -0.977. The molecule has 0 radical (unpaired) electrons. The molecule has 0 aromatic heterocycles. The van der Waals surface area contributed by atoms with Gasteiger partial charge in [0, 0.05) is 23.5 Å². The predicted octanol–water partition coefficient (Wildman–Crippen LogP) is 3.63. The topological polar surface area (TPSA) is 69.7 Å². The highest BCUT2D eigenvalue weighted by molar-refractivity contribution is 6.01. The summed E-state index contributed by atoms with van der Waals surface area (Å²) < 4.78 is 10.6. The zero-order chi connectivity index (χ0) is 19.6. The molecule has 1 fully saturated rings. The summed E-state index contributed by atoms with van der Waals surface area (Å²) in [5.41, 5.74) is 0.830. The molecule has 2 aliphatic rings. The highest BCUT2D eigenvalue weighted by Gasteiger charge is 2.50. The van der Waals surface area contributed by atoms with Crippen molar-refractivity contribution in [2.75, 3.05) is 7.11 Å². The van der Waals surface area contributed by atoms with Crippen LogP contribution in [-0.2, 0) is 23.9 Å². The van der Waals surface area contributed by atoms with Gasteiger partial charge in [0.1, 0.15) is 6.10 Å². The molecule has 0 bridgehead atoms. The van der Waals surface area contributed by atoms with Gasteiger partial charge >= 0.3 is 11.9 Å². The lowest BCUT2D eigenvalue weighted by Crippen LogP contribution is -2.48. The second-order valence-electron chi connectivity index (χ2n) is 7.82. The Balaban J connectivity index is 2.31. The van der Waals surface area contributed by atoms with Crippen molar-refractivity contribution in [1.29, 1.82) is 0 Å². The van der Waals surface area contributed by atoms with Gasteiger partial charge in [0.2, 0.25) is 0 Å². The quantitative estimate of drug-likeness (QED) is 0.564. The molecular formula is C21H30O5. The van der Waals surface area contributed by atoms with E-state index >= 15 is 0 Å². The molecule has 2 aliphatic carbocycles. The van der Waals surface area contributed by atoms with Crippen LogP contribution in [0.2, 0.25) is 0 Å². The Morgan fingerprint density at radius 1 is 1.35 bits per heavy atom. The van der Waals surface area contributed by atoms with Crippen LogP contribution in [0.1, 0.15) is 53.9 Å².